The van der Waals surface area contributed by atoms with Gasteiger partial charge in [0.2, 0.25) is 0 Å². The molecule has 2 heterocycles. The van der Waals surface area contributed by atoms with Gasteiger partial charge in [-0.2, -0.15) is 0 Å². The van der Waals surface area contributed by atoms with Gasteiger partial charge in [0.25, 0.3) is 0 Å². The van der Waals surface area contributed by atoms with E-state index in [0.29, 0.717) is 5.92 Å². The molecule has 1 aromatic heterocycles. The van der Waals surface area contributed by atoms with Gasteiger partial charge in [0, 0.05) is 23.6 Å². The molecule has 2 nitrogen and oxygen atoms in total. The molecule has 1 unspecified atom stereocenters. The van der Waals surface area contributed by atoms with Crippen LogP contribution < -0.4 is 5.32 Å². The standard InChI is InChI=1S/C16H21FN2/c1-11-6-14-8-15(17)13(9-16(14)19(11)2)7-12-4-3-5-18-10-12/h6,8-9,12,18H,3-5,7,10H2,1-2H3. The fourth-order valence-corrected chi connectivity index (χ4v) is 3.10. The lowest BCUT2D eigenvalue weighted by Crippen LogP contribution is -2.31. The second kappa shape index (κ2) is 4.97. The van der Waals surface area contributed by atoms with Gasteiger partial charge in [-0.25, -0.2) is 4.39 Å². The van der Waals surface area contributed by atoms with E-state index in [1.807, 2.05) is 19.2 Å². The van der Waals surface area contributed by atoms with E-state index in [2.05, 4.69) is 16.8 Å². The average Bonchev–Trinajstić information content (AvgIpc) is 2.67. The monoisotopic (exact) mass is 260 g/mol. The summed E-state index contributed by atoms with van der Waals surface area (Å²) < 4.78 is 16.3. The second-order valence-corrected chi connectivity index (χ2v) is 5.76. The minimum atomic E-state index is -0.0522. The Hall–Kier alpha value is -1.35. The van der Waals surface area contributed by atoms with Gasteiger partial charge in [-0.3, -0.25) is 0 Å². The van der Waals surface area contributed by atoms with Gasteiger partial charge in [0.1, 0.15) is 5.82 Å². The zero-order valence-electron chi connectivity index (χ0n) is 11.7. The summed E-state index contributed by atoms with van der Waals surface area (Å²) in [5, 5.41) is 4.40. The van der Waals surface area contributed by atoms with Crippen molar-refractivity contribution in [2.75, 3.05) is 13.1 Å². The molecule has 1 aliphatic rings. The lowest BCUT2D eigenvalue weighted by atomic mass is 9.92. The molecule has 0 radical (unpaired) electrons. The van der Waals surface area contributed by atoms with Crippen LogP contribution >= 0.6 is 0 Å². The van der Waals surface area contributed by atoms with E-state index in [1.165, 1.54) is 18.5 Å². The quantitative estimate of drug-likeness (QED) is 0.877. The Morgan fingerprint density at radius 3 is 2.95 bits per heavy atom. The molecule has 3 heteroatoms. The molecule has 1 atom stereocenters. The van der Waals surface area contributed by atoms with Gasteiger partial charge in [0.05, 0.1) is 0 Å². The number of rotatable bonds is 2. The van der Waals surface area contributed by atoms with Crippen molar-refractivity contribution < 1.29 is 4.39 Å². The zero-order valence-corrected chi connectivity index (χ0v) is 11.7. The summed E-state index contributed by atoms with van der Waals surface area (Å²) in [5.74, 6) is 0.519. The average molecular weight is 260 g/mol. The van der Waals surface area contributed by atoms with Crippen LogP contribution in [0.1, 0.15) is 24.1 Å². The lowest BCUT2D eigenvalue weighted by molar-refractivity contribution is 0.372. The molecular weight excluding hydrogens is 239 g/mol. The largest absolute Gasteiger partial charge is 0.348 e. The van der Waals surface area contributed by atoms with Crippen LogP contribution in [0, 0.1) is 18.7 Å². The maximum Gasteiger partial charge on any atom is 0.127 e. The SMILES string of the molecule is Cc1cc2cc(F)c(CC3CCCNC3)cc2n1C. The molecule has 0 bridgehead atoms. The normalized spacial score (nSPS) is 20.1. The van der Waals surface area contributed by atoms with E-state index in [9.17, 15) is 4.39 Å². The zero-order chi connectivity index (χ0) is 13.4. The number of hydrogen-bond donors (Lipinski definition) is 1. The van der Waals surface area contributed by atoms with Crippen molar-refractivity contribution in [2.45, 2.75) is 26.2 Å². The van der Waals surface area contributed by atoms with Crippen LogP contribution in [0.25, 0.3) is 10.9 Å². The van der Waals surface area contributed by atoms with E-state index >= 15 is 0 Å². The summed E-state index contributed by atoms with van der Waals surface area (Å²) >= 11 is 0. The highest BCUT2D eigenvalue weighted by Crippen LogP contribution is 2.25. The van der Waals surface area contributed by atoms with Crippen LogP contribution in [0.15, 0.2) is 18.2 Å². The number of halogens is 1. The van der Waals surface area contributed by atoms with Crippen molar-refractivity contribution >= 4 is 10.9 Å². The summed E-state index contributed by atoms with van der Waals surface area (Å²) in [6.07, 6.45) is 3.26. The number of fused-ring (bicyclic) bond motifs is 1. The van der Waals surface area contributed by atoms with E-state index in [4.69, 9.17) is 0 Å². The summed E-state index contributed by atoms with van der Waals surface area (Å²) in [7, 11) is 2.04. The van der Waals surface area contributed by atoms with E-state index < -0.39 is 0 Å². The number of hydrogen-bond acceptors (Lipinski definition) is 1. The smallest absolute Gasteiger partial charge is 0.127 e. The fourth-order valence-electron chi connectivity index (χ4n) is 3.10. The van der Waals surface area contributed by atoms with Gasteiger partial charge >= 0.3 is 0 Å². The topological polar surface area (TPSA) is 17.0 Å². The summed E-state index contributed by atoms with van der Waals surface area (Å²) in [5.41, 5.74) is 3.17. The Morgan fingerprint density at radius 2 is 2.21 bits per heavy atom. The minimum absolute atomic E-state index is 0.0522. The third-order valence-electron chi connectivity index (χ3n) is 4.36. The molecule has 1 saturated heterocycles. The van der Waals surface area contributed by atoms with Crippen LogP contribution in [-0.2, 0) is 13.5 Å². The van der Waals surface area contributed by atoms with Gasteiger partial charge < -0.3 is 9.88 Å². The molecule has 0 spiro atoms. The Bertz CT molecular complexity index is 594. The van der Waals surface area contributed by atoms with Crippen LogP contribution in [0.4, 0.5) is 4.39 Å². The molecular formula is C16H21FN2. The molecule has 2 aromatic rings. The first-order chi connectivity index (χ1) is 9.15. The van der Waals surface area contributed by atoms with E-state index in [0.717, 1.165) is 36.0 Å². The first kappa shape index (κ1) is 12.7. The molecule has 0 aliphatic carbocycles. The lowest BCUT2D eigenvalue weighted by Gasteiger charge is -2.23. The molecule has 102 valence electrons. The third kappa shape index (κ3) is 2.39. The molecule has 1 aromatic carbocycles. The Morgan fingerprint density at radius 1 is 1.37 bits per heavy atom. The highest BCUT2D eigenvalue weighted by Gasteiger charge is 2.16. The third-order valence-corrected chi connectivity index (χ3v) is 4.36. The molecule has 1 fully saturated rings. The number of aryl methyl sites for hydroxylation is 2. The molecule has 19 heavy (non-hydrogen) atoms. The molecule has 0 amide bonds. The van der Waals surface area contributed by atoms with Gasteiger partial charge in [-0.05, 0) is 69.0 Å². The number of piperidine rings is 1. The number of nitrogens with one attached hydrogen (secondary N) is 1. The van der Waals surface area contributed by atoms with E-state index in [-0.39, 0.29) is 5.82 Å². The van der Waals surface area contributed by atoms with Gasteiger partial charge in [-0.1, -0.05) is 0 Å². The molecule has 1 N–H and O–H groups in total. The van der Waals surface area contributed by atoms with Gasteiger partial charge in [-0.15, -0.1) is 0 Å². The van der Waals surface area contributed by atoms with Crippen LogP contribution in [0.5, 0.6) is 0 Å². The Kier molecular flexibility index (Phi) is 3.31. The van der Waals surface area contributed by atoms with Crippen molar-refractivity contribution in [1.29, 1.82) is 0 Å². The number of aromatic nitrogens is 1. The van der Waals surface area contributed by atoms with Crippen LogP contribution in [0.3, 0.4) is 0 Å². The van der Waals surface area contributed by atoms with Crippen molar-refractivity contribution in [3.63, 3.8) is 0 Å². The fraction of sp³-hybridized carbons (Fsp3) is 0.500. The highest BCUT2D eigenvalue weighted by molar-refractivity contribution is 5.82. The predicted octanol–water partition coefficient (Wildman–Crippen LogP) is 3.17. The summed E-state index contributed by atoms with van der Waals surface area (Å²) in [6, 6.07) is 5.77. The second-order valence-electron chi connectivity index (χ2n) is 5.76. The van der Waals surface area contributed by atoms with Crippen molar-refractivity contribution in [3.05, 3.63) is 35.3 Å². The summed E-state index contributed by atoms with van der Waals surface area (Å²) in [6.45, 7) is 4.18. The highest BCUT2D eigenvalue weighted by atomic mass is 19.1. The Balaban J connectivity index is 1.93. The van der Waals surface area contributed by atoms with E-state index in [1.54, 1.807) is 6.07 Å². The first-order valence-electron chi connectivity index (χ1n) is 7.10. The minimum Gasteiger partial charge on any atom is -0.348 e. The molecule has 1 aliphatic heterocycles. The maximum absolute atomic E-state index is 14.2. The van der Waals surface area contributed by atoms with Crippen LogP contribution in [-0.4, -0.2) is 17.7 Å². The van der Waals surface area contributed by atoms with Crippen molar-refractivity contribution in [1.82, 2.24) is 9.88 Å². The van der Waals surface area contributed by atoms with Crippen molar-refractivity contribution in [2.24, 2.45) is 13.0 Å². The molecule has 0 saturated carbocycles. The van der Waals surface area contributed by atoms with Gasteiger partial charge in [0.15, 0.2) is 0 Å². The predicted molar refractivity (Wildman–Crippen MR) is 76.9 cm³/mol. The summed E-state index contributed by atoms with van der Waals surface area (Å²) in [4.78, 5) is 0. The maximum atomic E-state index is 14.2. The Labute approximate surface area is 113 Å². The number of benzene rings is 1. The van der Waals surface area contributed by atoms with Crippen molar-refractivity contribution in [3.8, 4) is 0 Å². The number of nitrogens with zero attached hydrogens (tertiary/aromatic N) is 1. The molecule has 3 rings (SSSR count). The van der Waals surface area contributed by atoms with Crippen LogP contribution in [0.2, 0.25) is 0 Å². The first-order valence-corrected chi connectivity index (χ1v) is 7.10.